The maximum atomic E-state index is 11.8. The Kier molecular flexibility index (Phi) is 6.30. The lowest BCUT2D eigenvalue weighted by atomic mass is 10.1. The van der Waals surface area contributed by atoms with Gasteiger partial charge in [0.15, 0.2) is 0 Å². The van der Waals surface area contributed by atoms with Gasteiger partial charge in [-0.15, -0.1) is 0 Å². The summed E-state index contributed by atoms with van der Waals surface area (Å²) < 4.78 is 5.64. The summed E-state index contributed by atoms with van der Waals surface area (Å²) in [5.74, 6) is -0.0809. The van der Waals surface area contributed by atoms with Crippen molar-refractivity contribution in [3.8, 4) is 0 Å². The Morgan fingerprint density at radius 1 is 1.35 bits per heavy atom. The van der Waals surface area contributed by atoms with E-state index in [1.807, 2.05) is 12.1 Å². The van der Waals surface area contributed by atoms with E-state index in [4.69, 9.17) is 16.3 Å². The highest BCUT2D eigenvalue weighted by molar-refractivity contribution is 6.33. The summed E-state index contributed by atoms with van der Waals surface area (Å²) in [6, 6.07) is 7.22. The fourth-order valence-corrected chi connectivity index (χ4v) is 2.44. The molecule has 2 N–H and O–H groups in total. The van der Waals surface area contributed by atoms with E-state index >= 15 is 0 Å². The molecule has 0 aliphatic carbocycles. The van der Waals surface area contributed by atoms with Gasteiger partial charge in [-0.1, -0.05) is 23.7 Å². The maximum absolute atomic E-state index is 11.8. The van der Waals surface area contributed by atoms with Crippen molar-refractivity contribution in [2.45, 2.75) is 31.8 Å². The Hall–Kier alpha value is -1.10. The third-order valence-corrected chi connectivity index (χ3v) is 3.68. The zero-order valence-electron chi connectivity index (χ0n) is 11.5. The average molecular weight is 297 g/mol. The summed E-state index contributed by atoms with van der Waals surface area (Å²) >= 11 is 5.98. The number of anilines is 1. The Bertz CT molecular complexity index is 434. The minimum Gasteiger partial charge on any atom is -0.378 e. The lowest BCUT2D eigenvalue weighted by molar-refractivity contribution is -0.115. The van der Waals surface area contributed by atoms with Crippen LogP contribution in [-0.4, -0.2) is 31.7 Å². The summed E-state index contributed by atoms with van der Waals surface area (Å²) in [6.45, 7) is 1.95. The van der Waals surface area contributed by atoms with Crippen molar-refractivity contribution in [3.63, 3.8) is 0 Å². The van der Waals surface area contributed by atoms with Crippen LogP contribution in [0.15, 0.2) is 24.3 Å². The monoisotopic (exact) mass is 296 g/mol. The van der Waals surface area contributed by atoms with Crippen LogP contribution in [0.1, 0.15) is 25.7 Å². The molecule has 2 rings (SSSR count). The minimum absolute atomic E-state index is 0.0809. The SMILES string of the molecule is O=C(CNCCC1CCCCO1)Nc1ccccc1Cl. The number of hydrogen-bond acceptors (Lipinski definition) is 3. The van der Waals surface area contributed by atoms with Crippen molar-refractivity contribution in [2.75, 3.05) is 25.0 Å². The molecule has 1 aliphatic heterocycles. The average Bonchev–Trinajstić information content (AvgIpc) is 2.47. The second-order valence-electron chi connectivity index (χ2n) is 4.98. The van der Waals surface area contributed by atoms with Gasteiger partial charge in [-0.05, 0) is 44.4 Å². The number of carbonyl (C=O) groups excluding carboxylic acids is 1. The summed E-state index contributed by atoms with van der Waals surface area (Å²) in [6.07, 6.45) is 4.86. The lowest BCUT2D eigenvalue weighted by Gasteiger charge is -2.22. The molecule has 0 bridgehead atoms. The van der Waals surface area contributed by atoms with E-state index in [-0.39, 0.29) is 12.5 Å². The number of carbonyl (C=O) groups is 1. The zero-order chi connectivity index (χ0) is 14.2. The van der Waals surface area contributed by atoms with Crippen LogP contribution in [0.25, 0.3) is 0 Å². The van der Waals surface area contributed by atoms with Gasteiger partial charge in [-0.2, -0.15) is 0 Å². The Morgan fingerprint density at radius 3 is 2.95 bits per heavy atom. The number of amides is 1. The van der Waals surface area contributed by atoms with Gasteiger partial charge in [0.1, 0.15) is 0 Å². The van der Waals surface area contributed by atoms with E-state index < -0.39 is 0 Å². The van der Waals surface area contributed by atoms with E-state index in [2.05, 4.69) is 10.6 Å². The number of para-hydroxylation sites is 1. The number of nitrogens with one attached hydrogen (secondary N) is 2. The summed E-state index contributed by atoms with van der Waals surface area (Å²) in [4.78, 5) is 11.8. The second kappa shape index (κ2) is 8.25. The molecule has 0 spiro atoms. The first kappa shape index (κ1) is 15.3. The predicted molar refractivity (Wildman–Crippen MR) is 81.2 cm³/mol. The molecular formula is C15H21ClN2O2. The molecule has 0 radical (unpaired) electrons. The van der Waals surface area contributed by atoms with Crippen LogP contribution in [0.2, 0.25) is 5.02 Å². The topological polar surface area (TPSA) is 50.4 Å². The van der Waals surface area contributed by atoms with E-state index in [1.54, 1.807) is 12.1 Å². The number of hydrogen-bond donors (Lipinski definition) is 2. The molecule has 1 aromatic rings. The fourth-order valence-electron chi connectivity index (χ4n) is 2.26. The smallest absolute Gasteiger partial charge is 0.238 e. The molecule has 1 amide bonds. The zero-order valence-corrected chi connectivity index (χ0v) is 12.3. The Balaban J connectivity index is 1.61. The highest BCUT2D eigenvalue weighted by atomic mass is 35.5. The van der Waals surface area contributed by atoms with Crippen molar-refractivity contribution in [1.29, 1.82) is 0 Å². The molecule has 0 aromatic heterocycles. The van der Waals surface area contributed by atoms with Crippen LogP contribution < -0.4 is 10.6 Å². The largest absolute Gasteiger partial charge is 0.378 e. The van der Waals surface area contributed by atoms with E-state index in [9.17, 15) is 4.79 Å². The van der Waals surface area contributed by atoms with Crippen molar-refractivity contribution >= 4 is 23.2 Å². The highest BCUT2D eigenvalue weighted by Gasteiger charge is 2.13. The van der Waals surface area contributed by atoms with Crippen molar-refractivity contribution in [3.05, 3.63) is 29.3 Å². The number of halogens is 1. The predicted octanol–water partition coefficient (Wildman–Crippen LogP) is 2.83. The Morgan fingerprint density at radius 2 is 2.20 bits per heavy atom. The van der Waals surface area contributed by atoms with Gasteiger partial charge in [0.25, 0.3) is 0 Å². The standard InChI is InChI=1S/C15H21ClN2O2/c16-13-6-1-2-7-14(13)18-15(19)11-17-9-8-12-5-3-4-10-20-12/h1-2,6-7,12,17H,3-5,8-11H2,(H,18,19). The molecule has 1 atom stereocenters. The summed E-state index contributed by atoms with van der Waals surface area (Å²) in [5, 5.41) is 6.47. The molecule has 110 valence electrons. The molecule has 1 aliphatic rings. The molecule has 1 unspecified atom stereocenters. The molecule has 20 heavy (non-hydrogen) atoms. The van der Waals surface area contributed by atoms with Crippen LogP contribution in [0.4, 0.5) is 5.69 Å². The van der Waals surface area contributed by atoms with Crippen LogP contribution in [0, 0.1) is 0 Å². The van der Waals surface area contributed by atoms with Gasteiger partial charge >= 0.3 is 0 Å². The first-order chi connectivity index (χ1) is 9.75. The van der Waals surface area contributed by atoms with Gasteiger partial charge in [0.2, 0.25) is 5.91 Å². The van der Waals surface area contributed by atoms with Gasteiger partial charge in [0.05, 0.1) is 23.4 Å². The van der Waals surface area contributed by atoms with Gasteiger partial charge < -0.3 is 15.4 Å². The third kappa shape index (κ3) is 5.12. The second-order valence-corrected chi connectivity index (χ2v) is 5.39. The molecule has 4 nitrogen and oxygen atoms in total. The minimum atomic E-state index is -0.0809. The number of ether oxygens (including phenoxy) is 1. The quantitative estimate of drug-likeness (QED) is 0.794. The lowest BCUT2D eigenvalue weighted by Crippen LogP contribution is -2.31. The van der Waals surface area contributed by atoms with Crippen LogP contribution in [0.5, 0.6) is 0 Å². The van der Waals surface area contributed by atoms with Crippen LogP contribution in [-0.2, 0) is 9.53 Å². The first-order valence-electron chi connectivity index (χ1n) is 7.12. The van der Waals surface area contributed by atoms with Gasteiger partial charge in [-0.25, -0.2) is 0 Å². The highest BCUT2D eigenvalue weighted by Crippen LogP contribution is 2.20. The molecule has 5 heteroatoms. The van der Waals surface area contributed by atoms with E-state index in [0.29, 0.717) is 16.8 Å². The first-order valence-corrected chi connectivity index (χ1v) is 7.50. The third-order valence-electron chi connectivity index (χ3n) is 3.35. The fraction of sp³-hybridized carbons (Fsp3) is 0.533. The van der Waals surface area contributed by atoms with Crippen molar-refractivity contribution < 1.29 is 9.53 Å². The van der Waals surface area contributed by atoms with E-state index in [0.717, 1.165) is 26.0 Å². The Labute approximate surface area is 124 Å². The molecular weight excluding hydrogens is 276 g/mol. The number of rotatable bonds is 6. The molecule has 1 aromatic carbocycles. The van der Waals surface area contributed by atoms with Gasteiger partial charge in [-0.3, -0.25) is 4.79 Å². The van der Waals surface area contributed by atoms with Gasteiger partial charge in [0, 0.05) is 6.61 Å². The number of benzene rings is 1. The summed E-state index contributed by atoms with van der Waals surface area (Å²) in [5.41, 5.74) is 0.650. The molecule has 1 fully saturated rings. The van der Waals surface area contributed by atoms with Crippen molar-refractivity contribution in [1.82, 2.24) is 5.32 Å². The molecule has 1 heterocycles. The molecule has 0 saturated carbocycles. The molecule has 1 saturated heterocycles. The van der Waals surface area contributed by atoms with Crippen LogP contribution in [0.3, 0.4) is 0 Å². The maximum Gasteiger partial charge on any atom is 0.238 e. The van der Waals surface area contributed by atoms with Crippen molar-refractivity contribution in [2.24, 2.45) is 0 Å². The van der Waals surface area contributed by atoms with E-state index in [1.165, 1.54) is 12.8 Å². The summed E-state index contributed by atoms with van der Waals surface area (Å²) in [7, 11) is 0. The normalized spacial score (nSPS) is 18.8. The van der Waals surface area contributed by atoms with Crippen LogP contribution >= 0.6 is 11.6 Å².